The van der Waals surface area contributed by atoms with Crippen LogP contribution in [0.25, 0.3) is 0 Å². The molecular weight excluding hydrogens is 291 g/mol. The number of carbonyl (C=O) groups excluding carboxylic acids is 1. The molecule has 3 nitrogen and oxygen atoms in total. The van der Waals surface area contributed by atoms with Crippen molar-refractivity contribution in [3.8, 4) is 0 Å². The van der Waals surface area contributed by atoms with Crippen LogP contribution >= 0.6 is 35.0 Å². The number of benzene rings is 1. The first-order valence-electron chi connectivity index (χ1n) is 5.48. The summed E-state index contributed by atoms with van der Waals surface area (Å²) in [6, 6.07) is 7.66. The van der Waals surface area contributed by atoms with Crippen LogP contribution in [-0.4, -0.2) is 34.9 Å². The van der Waals surface area contributed by atoms with Gasteiger partial charge >= 0.3 is 0 Å². The van der Waals surface area contributed by atoms with E-state index in [1.807, 2.05) is 24.3 Å². The van der Waals surface area contributed by atoms with Crippen molar-refractivity contribution in [3.05, 3.63) is 34.9 Å². The normalized spacial score (nSPS) is 14.8. The highest BCUT2D eigenvalue weighted by molar-refractivity contribution is 8.13. The first-order valence-corrected chi connectivity index (χ1v) is 7.38. The molecule has 0 atom stereocenters. The summed E-state index contributed by atoms with van der Waals surface area (Å²) in [5, 5.41) is 1.48. The Hall–Kier alpha value is -0.710. The van der Waals surface area contributed by atoms with Gasteiger partial charge in [0.1, 0.15) is 5.88 Å². The van der Waals surface area contributed by atoms with Gasteiger partial charge in [-0.1, -0.05) is 35.5 Å². The lowest BCUT2D eigenvalue weighted by atomic mass is 10.2. The van der Waals surface area contributed by atoms with Gasteiger partial charge in [0.25, 0.3) is 0 Å². The Morgan fingerprint density at radius 1 is 1.39 bits per heavy atom. The summed E-state index contributed by atoms with van der Waals surface area (Å²) in [6.07, 6.45) is 0. The Labute approximate surface area is 120 Å². The van der Waals surface area contributed by atoms with E-state index in [1.165, 1.54) is 0 Å². The Bertz CT molecular complexity index is 462. The molecule has 1 aliphatic rings. The number of carbonyl (C=O) groups is 1. The van der Waals surface area contributed by atoms with Crippen LogP contribution in [0.2, 0.25) is 5.02 Å². The van der Waals surface area contributed by atoms with Gasteiger partial charge in [-0.2, -0.15) is 0 Å². The molecule has 0 aliphatic carbocycles. The van der Waals surface area contributed by atoms with Gasteiger partial charge in [-0.3, -0.25) is 14.7 Å². The van der Waals surface area contributed by atoms with Gasteiger partial charge < -0.3 is 0 Å². The van der Waals surface area contributed by atoms with Crippen LogP contribution in [0.15, 0.2) is 29.3 Å². The molecule has 1 heterocycles. The van der Waals surface area contributed by atoms with E-state index in [1.54, 1.807) is 16.7 Å². The molecule has 1 aromatic rings. The van der Waals surface area contributed by atoms with Crippen molar-refractivity contribution in [1.29, 1.82) is 0 Å². The van der Waals surface area contributed by atoms with Crippen molar-refractivity contribution in [2.75, 3.05) is 19.0 Å². The van der Waals surface area contributed by atoms with Gasteiger partial charge in [0.15, 0.2) is 5.17 Å². The van der Waals surface area contributed by atoms with E-state index in [0.717, 1.165) is 21.5 Å². The molecule has 0 N–H and O–H groups in total. The van der Waals surface area contributed by atoms with Crippen LogP contribution in [0.3, 0.4) is 0 Å². The number of rotatable bonds is 3. The van der Waals surface area contributed by atoms with Crippen molar-refractivity contribution in [2.45, 2.75) is 5.75 Å². The number of hydrogen-bond acceptors (Lipinski definition) is 3. The summed E-state index contributed by atoms with van der Waals surface area (Å²) in [4.78, 5) is 17.5. The molecule has 96 valence electrons. The highest BCUT2D eigenvalue weighted by Crippen LogP contribution is 2.21. The van der Waals surface area contributed by atoms with Crippen molar-refractivity contribution >= 4 is 46.0 Å². The lowest BCUT2D eigenvalue weighted by Crippen LogP contribution is -2.33. The molecule has 0 fully saturated rings. The zero-order valence-electron chi connectivity index (χ0n) is 9.60. The molecule has 0 aromatic heterocycles. The van der Waals surface area contributed by atoms with Gasteiger partial charge in [-0.05, 0) is 17.7 Å². The third-order valence-electron chi connectivity index (χ3n) is 2.50. The van der Waals surface area contributed by atoms with Crippen LogP contribution in [0.5, 0.6) is 0 Å². The molecular formula is C12H12Cl2N2OS. The first-order chi connectivity index (χ1) is 8.70. The Morgan fingerprint density at radius 2 is 2.11 bits per heavy atom. The van der Waals surface area contributed by atoms with Gasteiger partial charge in [0.05, 0.1) is 6.54 Å². The Morgan fingerprint density at radius 3 is 2.78 bits per heavy atom. The van der Waals surface area contributed by atoms with Crippen LogP contribution in [0.1, 0.15) is 5.56 Å². The van der Waals surface area contributed by atoms with E-state index in [-0.39, 0.29) is 11.8 Å². The number of hydrogen-bond donors (Lipinski definition) is 0. The number of thioether (sulfide) groups is 1. The van der Waals surface area contributed by atoms with Crippen LogP contribution in [0.4, 0.5) is 0 Å². The summed E-state index contributed by atoms with van der Waals surface area (Å²) >= 11 is 12.9. The molecule has 1 amide bonds. The maximum atomic E-state index is 11.6. The zero-order chi connectivity index (χ0) is 13.0. The van der Waals surface area contributed by atoms with E-state index in [0.29, 0.717) is 13.1 Å². The summed E-state index contributed by atoms with van der Waals surface area (Å²) in [6.45, 7) is 1.29. The molecule has 6 heteroatoms. The highest BCUT2D eigenvalue weighted by atomic mass is 35.5. The molecule has 0 radical (unpaired) electrons. The molecule has 0 unspecified atom stereocenters. The third-order valence-corrected chi connectivity index (χ3v) is 4.06. The summed E-state index contributed by atoms with van der Waals surface area (Å²) in [7, 11) is 0. The largest absolute Gasteiger partial charge is 0.289 e. The summed E-state index contributed by atoms with van der Waals surface area (Å²) in [5.74, 6) is 0.680. The third kappa shape index (κ3) is 3.40. The van der Waals surface area contributed by atoms with Crippen LogP contribution < -0.4 is 0 Å². The Balaban J connectivity index is 1.93. The topological polar surface area (TPSA) is 32.7 Å². The van der Waals surface area contributed by atoms with Crippen molar-refractivity contribution < 1.29 is 4.79 Å². The fraction of sp³-hybridized carbons (Fsp3) is 0.333. The fourth-order valence-corrected chi connectivity index (χ4v) is 2.87. The molecule has 1 aliphatic heterocycles. The number of halogens is 2. The van der Waals surface area contributed by atoms with E-state index >= 15 is 0 Å². The van der Waals surface area contributed by atoms with Crippen molar-refractivity contribution in [3.63, 3.8) is 0 Å². The number of alkyl halides is 1. The maximum absolute atomic E-state index is 11.6. The first kappa shape index (κ1) is 13.7. The van der Waals surface area contributed by atoms with Gasteiger partial charge in [-0.25, -0.2) is 0 Å². The van der Waals surface area contributed by atoms with Gasteiger partial charge in [-0.15, -0.1) is 11.6 Å². The summed E-state index contributed by atoms with van der Waals surface area (Å²) < 4.78 is 0. The molecule has 0 saturated carbocycles. The zero-order valence-corrected chi connectivity index (χ0v) is 11.9. The maximum Gasteiger partial charge on any atom is 0.243 e. The molecule has 0 saturated heterocycles. The molecule has 0 spiro atoms. The highest BCUT2D eigenvalue weighted by Gasteiger charge is 2.22. The number of amides is 1. The van der Waals surface area contributed by atoms with E-state index in [9.17, 15) is 4.79 Å². The molecule has 0 bridgehead atoms. The average Bonchev–Trinajstić information content (AvgIpc) is 2.85. The fourth-order valence-electron chi connectivity index (χ4n) is 1.58. The lowest BCUT2D eigenvalue weighted by molar-refractivity contribution is -0.124. The average molecular weight is 303 g/mol. The van der Waals surface area contributed by atoms with Crippen molar-refractivity contribution in [1.82, 2.24) is 4.90 Å². The minimum absolute atomic E-state index is 0.000521. The van der Waals surface area contributed by atoms with Crippen LogP contribution in [-0.2, 0) is 10.5 Å². The monoisotopic (exact) mass is 302 g/mol. The quantitative estimate of drug-likeness (QED) is 0.804. The lowest BCUT2D eigenvalue weighted by Gasteiger charge is -2.16. The minimum Gasteiger partial charge on any atom is -0.289 e. The number of amidine groups is 1. The smallest absolute Gasteiger partial charge is 0.243 e. The second-order valence-electron chi connectivity index (χ2n) is 3.76. The van der Waals surface area contributed by atoms with E-state index in [4.69, 9.17) is 23.2 Å². The SMILES string of the molecule is O=C(CCl)N1CCN=C1SCc1ccc(Cl)cc1. The predicted molar refractivity (Wildman–Crippen MR) is 77.5 cm³/mol. The van der Waals surface area contributed by atoms with E-state index in [2.05, 4.69) is 4.99 Å². The second kappa shape index (κ2) is 6.45. The Kier molecular flexibility index (Phi) is 4.92. The van der Waals surface area contributed by atoms with E-state index < -0.39 is 0 Å². The van der Waals surface area contributed by atoms with Gasteiger partial charge in [0, 0.05) is 17.3 Å². The molecule has 18 heavy (non-hydrogen) atoms. The predicted octanol–water partition coefficient (Wildman–Crippen LogP) is 3.01. The second-order valence-corrected chi connectivity index (χ2v) is 5.40. The minimum atomic E-state index is -0.0866. The number of nitrogens with zero attached hydrogens (tertiary/aromatic N) is 2. The van der Waals surface area contributed by atoms with Crippen LogP contribution in [0, 0.1) is 0 Å². The standard InChI is InChI=1S/C12H12Cl2N2OS/c13-7-11(17)16-6-5-15-12(16)18-8-9-1-3-10(14)4-2-9/h1-4H,5-8H2. The van der Waals surface area contributed by atoms with Crippen molar-refractivity contribution in [2.24, 2.45) is 4.99 Å². The summed E-state index contributed by atoms with van der Waals surface area (Å²) in [5.41, 5.74) is 1.15. The number of aliphatic imine (C=N–C) groups is 1. The van der Waals surface area contributed by atoms with Gasteiger partial charge in [0.2, 0.25) is 5.91 Å². The molecule has 2 rings (SSSR count). The molecule has 1 aromatic carbocycles.